The molecule has 0 aliphatic heterocycles. The normalized spacial score (nSPS) is 9.86. The van der Waals surface area contributed by atoms with Crippen LogP contribution in [0.3, 0.4) is 0 Å². The standard InChI is InChI=1S/C8H14.C6H10/c1-3-5-7-8-6-4-2;1-3-5-6-4-2/h3-4,6H,1,5,7-8H2,2H3;3-4,6H,1,5H2,2H3. The van der Waals surface area contributed by atoms with E-state index in [1.807, 2.05) is 32.1 Å². The molecule has 0 fully saturated rings. The Morgan fingerprint density at radius 2 is 1.50 bits per heavy atom. The van der Waals surface area contributed by atoms with Crippen molar-refractivity contribution in [2.45, 2.75) is 39.5 Å². The molecule has 0 atom stereocenters. The fourth-order valence-corrected chi connectivity index (χ4v) is 0.779. The second-order valence-corrected chi connectivity index (χ2v) is 2.88. The molecular formula is C14H24. The fourth-order valence-electron chi connectivity index (χ4n) is 0.779. The van der Waals surface area contributed by atoms with Gasteiger partial charge in [0.2, 0.25) is 0 Å². The lowest BCUT2D eigenvalue weighted by molar-refractivity contribution is 0.869. The van der Waals surface area contributed by atoms with Crippen molar-refractivity contribution in [2.75, 3.05) is 0 Å². The maximum absolute atomic E-state index is 3.63. The summed E-state index contributed by atoms with van der Waals surface area (Å²) < 4.78 is 0. The summed E-state index contributed by atoms with van der Waals surface area (Å²) in [5.74, 6) is 0. The van der Waals surface area contributed by atoms with Crippen LogP contribution in [0.2, 0.25) is 0 Å². The van der Waals surface area contributed by atoms with E-state index in [4.69, 9.17) is 0 Å². The molecule has 0 bridgehead atoms. The summed E-state index contributed by atoms with van der Waals surface area (Å²) in [5, 5.41) is 0. The van der Waals surface area contributed by atoms with Crippen LogP contribution in [-0.2, 0) is 0 Å². The van der Waals surface area contributed by atoms with E-state index in [0.29, 0.717) is 0 Å². The van der Waals surface area contributed by atoms with Crippen molar-refractivity contribution in [1.29, 1.82) is 0 Å². The molecule has 0 spiro atoms. The first kappa shape index (κ1) is 15.4. The Balaban J connectivity index is 0. The summed E-state index contributed by atoms with van der Waals surface area (Å²) >= 11 is 0. The molecule has 0 radical (unpaired) electrons. The van der Waals surface area contributed by atoms with Gasteiger partial charge in [-0.05, 0) is 39.5 Å². The molecule has 0 saturated carbocycles. The maximum atomic E-state index is 3.63. The summed E-state index contributed by atoms with van der Waals surface area (Å²) in [5.41, 5.74) is 0. The summed E-state index contributed by atoms with van der Waals surface area (Å²) in [4.78, 5) is 0. The van der Waals surface area contributed by atoms with Crippen molar-refractivity contribution in [3.8, 4) is 0 Å². The van der Waals surface area contributed by atoms with Gasteiger partial charge in [-0.3, -0.25) is 0 Å². The monoisotopic (exact) mass is 192 g/mol. The lowest BCUT2D eigenvalue weighted by atomic mass is 10.2. The lowest BCUT2D eigenvalue weighted by Gasteiger charge is -1.85. The first-order valence-electron chi connectivity index (χ1n) is 5.27. The van der Waals surface area contributed by atoms with Crippen LogP contribution in [0, 0.1) is 0 Å². The number of hydrogen-bond acceptors (Lipinski definition) is 0. The average Bonchev–Trinajstić information content (AvgIpc) is 2.22. The van der Waals surface area contributed by atoms with Crippen molar-refractivity contribution >= 4 is 0 Å². The molecule has 0 N–H and O–H groups in total. The van der Waals surface area contributed by atoms with E-state index in [2.05, 4.69) is 31.4 Å². The molecule has 0 heteroatoms. The summed E-state index contributed by atoms with van der Waals surface area (Å²) in [6.45, 7) is 11.2. The fraction of sp³-hybridized carbons (Fsp3) is 0.429. The SMILES string of the molecule is C=CCC=CC.C=CCCCC=CC. The molecular weight excluding hydrogens is 168 g/mol. The summed E-state index contributed by atoms with van der Waals surface area (Å²) in [7, 11) is 0. The van der Waals surface area contributed by atoms with Crippen LogP contribution in [0.25, 0.3) is 0 Å². The third-order valence-corrected chi connectivity index (χ3v) is 1.55. The zero-order valence-corrected chi connectivity index (χ0v) is 9.71. The third kappa shape index (κ3) is 22.4. The molecule has 0 aliphatic rings. The van der Waals surface area contributed by atoms with Crippen LogP contribution in [0.4, 0.5) is 0 Å². The Bertz CT molecular complexity index is 161. The first-order chi connectivity index (χ1) is 6.83. The van der Waals surface area contributed by atoms with Crippen LogP contribution in [0.5, 0.6) is 0 Å². The predicted molar refractivity (Wildman–Crippen MR) is 68.5 cm³/mol. The second-order valence-electron chi connectivity index (χ2n) is 2.88. The minimum atomic E-state index is 0.997. The first-order valence-corrected chi connectivity index (χ1v) is 5.27. The molecule has 0 saturated heterocycles. The molecule has 0 aliphatic carbocycles. The van der Waals surface area contributed by atoms with E-state index in [1.54, 1.807) is 0 Å². The summed E-state index contributed by atoms with van der Waals surface area (Å²) in [6.07, 6.45) is 16.8. The van der Waals surface area contributed by atoms with Crippen LogP contribution >= 0.6 is 0 Å². The van der Waals surface area contributed by atoms with Crippen molar-refractivity contribution in [3.63, 3.8) is 0 Å². The number of allylic oxidation sites excluding steroid dienone is 6. The Hall–Kier alpha value is -1.04. The largest absolute Gasteiger partial charge is 0.103 e. The number of rotatable bonds is 6. The van der Waals surface area contributed by atoms with Gasteiger partial charge >= 0.3 is 0 Å². The van der Waals surface area contributed by atoms with Gasteiger partial charge in [-0.25, -0.2) is 0 Å². The van der Waals surface area contributed by atoms with Crippen molar-refractivity contribution in [1.82, 2.24) is 0 Å². The van der Waals surface area contributed by atoms with Crippen LogP contribution in [-0.4, -0.2) is 0 Å². The Morgan fingerprint density at radius 3 is 1.86 bits per heavy atom. The second kappa shape index (κ2) is 17.9. The minimum Gasteiger partial charge on any atom is -0.103 e. The zero-order valence-electron chi connectivity index (χ0n) is 9.71. The molecule has 0 aromatic heterocycles. The summed E-state index contributed by atoms with van der Waals surface area (Å²) in [6, 6.07) is 0. The van der Waals surface area contributed by atoms with Gasteiger partial charge in [0.25, 0.3) is 0 Å². The molecule has 0 rings (SSSR count). The van der Waals surface area contributed by atoms with E-state index >= 15 is 0 Å². The topological polar surface area (TPSA) is 0 Å². The quantitative estimate of drug-likeness (QED) is 0.408. The molecule has 80 valence electrons. The number of unbranched alkanes of at least 4 members (excludes halogenated alkanes) is 2. The van der Waals surface area contributed by atoms with E-state index in [-0.39, 0.29) is 0 Å². The van der Waals surface area contributed by atoms with Gasteiger partial charge in [0.1, 0.15) is 0 Å². The van der Waals surface area contributed by atoms with Crippen LogP contribution in [0.15, 0.2) is 49.6 Å². The van der Waals surface area contributed by atoms with E-state index < -0.39 is 0 Å². The molecule has 14 heavy (non-hydrogen) atoms. The highest BCUT2D eigenvalue weighted by Crippen LogP contribution is 1.95. The highest BCUT2D eigenvalue weighted by Gasteiger charge is 1.75. The van der Waals surface area contributed by atoms with Crippen molar-refractivity contribution in [3.05, 3.63) is 49.6 Å². The van der Waals surface area contributed by atoms with E-state index in [0.717, 1.165) is 12.8 Å². The van der Waals surface area contributed by atoms with E-state index in [1.165, 1.54) is 12.8 Å². The molecule has 0 unspecified atom stereocenters. The van der Waals surface area contributed by atoms with Gasteiger partial charge in [-0.1, -0.05) is 36.5 Å². The molecule has 0 aromatic carbocycles. The third-order valence-electron chi connectivity index (χ3n) is 1.55. The zero-order chi connectivity index (χ0) is 11.1. The van der Waals surface area contributed by atoms with Crippen molar-refractivity contribution < 1.29 is 0 Å². The highest BCUT2D eigenvalue weighted by atomic mass is 13.8. The van der Waals surface area contributed by atoms with Crippen LogP contribution in [0.1, 0.15) is 39.5 Å². The van der Waals surface area contributed by atoms with Gasteiger partial charge in [-0.2, -0.15) is 0 Å². The Labute approximate surface area is 89.7 Å². The van der Waals surface area contributed by atoms with Gasteiger partial charge in [-0.15, -0.1) is 13.2 Å². The molecule has 0 amide bonds. The van der Waals surface area contributed by atoms with Gasteiger partial charge in [0.05, 0.1) is 0 Å². The molecule has 0 heterocycles. The van der Waals surface area contributed by atoms with Gasteiger partial charge in [0.15, 0.2) is 0 Å². The smallest absolute Gasteiger partial charge is 0.0172 e. The van der Waals surface area contributed by atoms with Gasteiger partial charge in [0, 0.05) is 0 Å². The van der Waals surface area contributed by atoms with Crippen LogP contribution < -0.4 is 0 Å². The number of hydrogen-bond donors (Lipinski definition) is 0. The van der Waals surface area contributed by atoms with Crippen molar-refractivity contribution in [2.24, 2.45) is 0 Å². The predicted octanol–water partition coefficient (Wildman–Crippen LogP) is 5.06. The van der Waals surface area contributed by atoms with Gasteiger partial charge < -0.3 is 0 Å². The maximum Gasteiger partial charge on any atom is -0.0172 e. The average molecular weight is 192 g/mol. The van der Waals surface area contributed by atoms with E-state index in [9.17, 15) is 0 Å². The lowest BCUT2D eigenvalue weighted by Crippen LogP contribution is -1.65. The highest BCUT2D eigenvalue weighted by molar-refractivity contribution is 4.85. The molecule has 0 aromatic rings. The molecule has 0 nitrogen and oxygen atoms in total. The Kier molecular flexibility index (Phi) is 19.7. The minimum absolute atomic E-state index is 0.997. The Morgan fingerprint density at radius 1 is 0.857 bits per heavy atom.